The number of piperidine rings is 1. The van der Waals surface area contributed by atoms with Gasteiger partial charge in [-0.1, -0.05) is 47.1 Å². The third-order valence-corrected chi connectivity index (χ3v) is 5.40. The van der Waals surface area contributed by atoms with E-state index in [1.807, 2.05) is 19.1 Å². The van der Waals surface area contributed by atoms with Gasteiger partial charge >= 0.3 is 0 Å². The minimum Gasteiger partial charge on any atom is -0.486 e. The van der Waals surface area contributed by atoms with Crippen LogP contribution in [-0.4, -0.2) is 34.5 Å². The van der Waals surface area contributed by atoms with Gasteiger partial charge in [-0.15, -0.1) is 0 Å². The van der Waals surface area contributed by atoms with Crippen LogP contribution < -0.4 is 4.74 Å². The van der Waals surface area contributed by atoms with E-state index in [1.54, 1.807) is 0 Å². The van der Waals surface area contributed by atoms with Crippen molar-refractivity contribution in [2.24, 2.45) is 5.16 Å². The Hall–Kier alpha value is -2.33. The molecule has 0 atom stereocenters. The summed E-state index contributed by atoms with van der Waals surface area (Å²) in [5, 5.41) is 13.1. The Morgan fingerprint density at radius 2 is 1.88 bits per heavy atom. The van der Waals surface area contributed by atoms with Crippen molar-refractivity contribution < 1.29 is 9.94 Å². The maximum atomic E-state index is 9.51. The van der Waals surface area contributed by atoms with Gasteiger partial charge in [0.2, 0.25) is 0 Å². The number of fused-ring (bicyclic) bond motifs is 1. The van der Waals surface area contributed by atoms with E-state index in [2.05, 4.69) is 46.5 Å². The standard InChI is InChI=1S/C21H24N2O2/c1-16-7-8-20-18(13-16)19(22-24)14-21(25-20)9-11-23(12-10-21)15-17-5-3-2-4-6-17/h2-8,13,24H,9-12,14-15H2,1H3/b22-19+. The highest BCUT2D eigenvalue weighted by molar-refractivity contribution is 6.04. The van der Waals surface area contributed by atoms with Crippen LogP contribution >= 0.6 is 0 Å². The molecule has 0 bridgehead atoms. The van der Waals surface area contributed by atoms with E-state index in [0.29, 0.717) is 6.42 Å². The predicted octanol–water partition coefficient (Wildman–Crippen LogP) is 3.99. The zero-order valence-electron chi connectivity index (χ0n) is 14.6. The van der Waals surface area contributed by atoms with Gasteiger partial charge < -0.3 is 9.94 Å². The van der Waals surface area contributed by atoms with Crippen LogP contribution in [0, 0.1) is 6.92 Å². The molecule has 2 aliphatic heterocycles. The van der Waals surface area contributed by atoms with Crippen LogP contribution in [-0.2, 0) is 6.54 Å². The Bertz CT molecular complexity index is 778. The molecule has 4 heteroatoms. The predicted molar refractivity (Wildman–Crippen MR) is 98.4 cm³/mol. The number of aryl methyl sites for hydroxylation is 1. The molecule has 1 spiro atoms. The molecule has 130 valence electrons. The van der Waals surface area contributed by atoms with Gasteiger partial charge in [0.05, 0.1) is 5.71 Å². The topological polar surface area (TPSA) is 45.1 Å². The highest BCUT2D eigenvalue weighted by Gasteiger charge is 2.42. The van der Waals surface area contributed by atoms with Crippen LogP contribution in [0.2, 0.25) is 0 Å². The molecule has 2 aromatic carbocycles. The van der Waals surface area contributed by atoms with E-state index in [1.165, 1.54) is 5.56 Å². The van der Waals surface area contributed by atoms with E-state index in [4.69, 9.17) is 4.74 Å². The summed E-state index contributed by atoms with van der Waals surface area (Å²) in [5.74, 6) is 0.848. The van der Waals surface area contributed by atoms with Gasteiger partial charge in [-0.2, -0.15) is 0 Å². The highest BCUT2D eigenvalue weighted by Crippen LogP contribution is 2.40. The summed E-state index contributed by atoms with van der Waals surface area (Å²) in [6, 6.07) is 16.7. The zero-order chi connectivity index (χ0) is 17.3. The molecule has 0 saturated carbocycles. The summed E-state index contributed by atoms with van der Waals surface area (Å²) < 4.78 is 6.43. The summed E-state index contributed by atoms with van der Waals surface area (Å²) in [6.45, 7) is 5.01. The molecule has 0 radical (unpaired) electrons. The lowest BCUT2D eigenvalue weighted by atomic mass is 9.81. The Morgan fingerprint density at radius 1 is 1.12 bits per heavy atom. The van der Waals surface area contributed by atoms with E-state index in [0.717, 1.165) is 55.1 Å². The monoisotopic (exact) mass is 336 g/mol. The number of oxime groups is 1. The van der Waals surface area contributed by atoms with Crippen molar-refractivity contribution in [2.75, 3.05) is 13.1 Å². The number of benzene rings is 2. The van der Waals surface area contributed by atoms with E-state index in [-0.39, 0.29) is 5.60 Å². The zero-order valence-corrected chi connectivity index (χ0v) is 14.6. The van der Waals surface area contributed by atoms with Gasteiger partial charge in [-0.05, 0) is 24.6 Å². The first-order valence-corrected chi connectivity index (χ1v) is 8.95. The number of likely N-dealkylation sites (tertiary alicyclic amines) is 1. The normalized spacial score (nSPS) is 21.1. The third kappa shape index (κ3) is 3.27. The summed E-state index contributed by atoms with van der Waals surface area (Å²) in [7, 11) is 0. The van der Waals surface area contributed by atoms with Crippen molar-refractivity contribution in [1.29, 1.82) is 0 Å². The van der Waals surface area contributed by atoms with E-state index < -0.39 is 0 Å². The fourth-order valence-corrected chi connectivity index (χ4v) is 3.96. The average Bonchev–Trinajstić information content (AvgIpc) is 2.64. The molecular weight excluding hydrogens is 312 g/mol. The average molecular weight is 336 g/mol. The van der Waals surface area contributed by atoms with Crippen molar-refractivity contribution in [2.45, 2.75) is 38.3 Å². The van der Waals surface area contributed by atoms with Crippen LogP contribution in [0.4, 0.5) is 0 Å². The minimum atomic E-state index is -0.239. The smallest absolute Gasteiger partial charge is 0.129 e. The second kappa shape index (κ2) is 6.52. The summed E-state index contributed by atoms with van der Waals surface area (Å²) in [5.41, 5.74) is 3.94. The van der Waals surface area contributed by atoms with Crippen LogP contribution in [0.1, 0.15) is 36.0 Å². The molecule has 4 rings (SSSR count). The molecule has 1 saturated heterocycles. The van der Waals surface area contributed by atoms with Crippen LogP contribution in [0.15, 0.2) is 53.7 Å². The van der Waals surface area contributed by atoms with Gasteiger partial charge in [-0.25, -0.2) is 0 Å². The van der Waals surface area contributed by atoms with Crippen molar-refractivity contribution in [1.82, 2.24) is 4.90 Å². The molecule has 0 amide bonds. The fourth-order valence-electron chi connectivity index (χ4n) is 3.96. The summed E-state index contributed by atoms with van der Waals surface area (Å²) in [6.07, 6.45) is 2.58. The van der Waals surface area contributed by atoms with Gasteiger partial charge in [0.1, 0.15) is 11.4 Å². The molecule has 2 aromatic rings. The minimum absolute atomic E-state index is 0.239. The number of ether oxygens (including phenoxy) is 1. The SMILES string of the molecule is Cc1ccc2c(c1)/C(=N/O)CC1(CCN(Cc3ccccc3)CC1)O2. The second-order valence-corrected chi connectivity index (χ2v) is 7.27. The van der Waals surface area contributed by atoms with Crippen molar-refractivity contribution in [3.63, 3.8) is 0 Å². The van der Waals surface area contributed by atoms with Crippen LogP contribution in [0.5, 0.6) is 5.75 Å². The molecular formula is C21H24N2O2. The van der Waals surface area contributed by atoms with Gasteiger partial charge in [0, 0.05) is 44.5 Å². The van der Waals surface area contributed by atoms with Gasteiger partial charge in [0.15, 0.2) is 0 Å². The Morgan fingerprint density at radius 3 is 2.60 bits per heavy atom. The Balaban J connectivity index is 1.48. The van der Waals surface area contributed by atoms with Gasteiger partial charge in [0.25, 0.3) is 0 Å². The van der Waals surface area contributed by atoms with Crippen molar-refractivity contribution in [3.8, 4) is 5.75 Å². The maximum Gasteiger partial charge on any atom is 0.129 e. The van der Waals surface area contributed by atoms with E-state index in [9.17, 15) is 5.21 Å². The lowest BCUT2D eigenvalue weighted by molar-refractivity contribution is 0.000417. The second-order valence-electron chi connectivity index (χ2n) is 7.27. The number of rotatable bonds is 2. The largest absolute Gasteiger partial charge is 0.486 e. The Kier molecular flexibility index (Phi) is 4.22. The first-order valence-electron chi connectivity index (χ1n) is 8.95. The summed E-state index contributed by atoms with van der Waals surface area (Å²) in [4.78, 5) is 2.48. The van der Waals surface area contributed by atoms with Crippen molar-refractivity contribution >= 4 is 5.71 Å². The number of hydrogen-bond donors (Lipinski definition) is 1. The number of nitrogens with zero attached hydrogens (tertiary/aromatic N) is 2. The molecule has 0 aliphatic carbocycles. The van der Waals surface area contributed by atoms with E-state index >= 15 is 0 Å². The molecule has 1 N–H and O–H groups in total. The van der Waals surface area contributed by atoms with Crippen LogP contribution in [0.3, 0.4) is 0 Å². The quantitative estimate of drug-likeness (QED) is 0.666. The molecule has 1 fully saturated rings. The molecule has 0 aromatic heterocycles. The summed E-state index contributed by atoms with van der Waals surface area (Å²) >= 11 is 0. The Labute approximate surface area is 148 Å². The lowest BCUT2D eigenvalue weighted by Gasteiger charge is -2.44. The lowest BCUT2D eigenvalue weighted by Crippen LogP contribution is -2.50. The highest BCUT2D eigenvalue weighted by atomic mass is 16.5. The van der Waals surface area contributed by atoms with Gasteiger partial charge in [-0.3, -0.25) is 4.90 Å². The first kappa shape index (κ1) is 16.2. The maximum absolute atomic E-state index is 9.51. The molecule has 2 heterocycles. The number of hydrogen-bond acceptors (Lipinski definition) is 4. The third-order valence-electron chi connectivity index (χ3n) is 5.40. The molecule has 4 nitrogen and oxygen atoms in total. The molecule has 25 heavy (non-hydrogen) atoms. The first-order chi connectivity index (χ1) is 12.2. The molecule has 2 aliphatic rings. The van der Waals surface area contributed by atoms with Crippen molar-refractivity contribution in [3.05, 3.63) is 65.2 Å². The fraction of sp³-hybridized carbons (Fsp3) is 0.381. The molecule has 0 unspecified atom stereocenters. The van der Waals surface area contributed by atoms with Crippen LogP contribution in [0.25, 0.3) is 0 Å².